The van der Waals surface area contributed by atoms with Crippen LogP contribution >= 0.6 is 0 Å². The maximum Gasteiger partial charge on any atom is 0.317 e. The maximum absolute atomic E-state index is 13.1. The third kappa shape index (κ3) is 7.27. The smallest absolute Gasteiger partial charge is 0.317 e. The Bertz CT molecular complexity index is 1640. The van der Waals surface area contributed by atoms with Gasteiger partial charge in [0.05, 0.1) is 24.2 Å². The lowest BCUT2D eigenvalue weighted by Gasteiger charge is -2.36. The van der Waals surface area contributed by atoms with Crippen LogP contribution < -0.4 is 20.3 Å². The minimum absolute atomic E-state index is 0.0207. The number of nitrogens with zero attached hydrogens (tertiary/aromatic N) is 6. The lowest BCUT2D eigenvalue weighted by atomic mass is 10.1. The SMILES string of the molecule is CCN(CC)C(=O)c1ccc(Nc2nc3ccc(N4CCN(C(=O)NCc5ccc(F)cc5)CC4)cn3n2)c(OCC2CC2)c1. The highest BCUT2D eigenvalue weighted by Crippen LogP contribution is 2.33. The van der Waals surface area contributed by atoms with Crippen LogP contribution in [0.2, 0.25) is 0 Å². The van der Waals surface area contributed by atoms with Crippen molar-refractivity contribution in [1.82, 2.24) is 29.7 Å². The van der Waals surface area contributed by atoms with E-state index in [1.54, 1.807) is 26.4 Å². The summed E-state index contributed by atoms with van der Waals surface area (Å²) in [5.41, 5.74) is 3.82. The van der Waals surface area contributed by atoms with E-state index in [-0.39, 0.29) is 17.8 Å². The molecule has 2 N–H and O–H groups in total. The summed E-state index contributed by atoms with van der Waals surface area (Å²) >= 11 is 0. The Kier molecular flexibility index (Phi) is 8.99. The van der Waals surface area contributed by atoms with Crippen molar-refractivity contribution in [2.45, 2.75) is 33.2 Å². The Morgan fingerprint density at radius 2 is 1.76 bits per heavy atom. The molecule has 45 heavy (non-hydrogen) atoms. The van der Waals surface area contributed by atoms with Crippen LogP contribution in [0.5, 0.6) is 5.75 Å². The fourth-order valence-electron chi connectivity index (χ4n) is 5.36. The highest BCUT2D eigenvalue weighted by Gasteiger charge is 2.24. The number of piperazine rings is 1. The molecule has 1 saturated carbocycles. The fraction of sp³-hybridized carbons (Fsp3) is 0.394. The van der Waals surface area contributed by atoms with E-state index in [1.165, 1.54) is 12.1 Å². The van der Waals surface area contributed by atoms with Gasteiger partial charge in [0.2, 0.25) is 5.95 Å². The predicted octanol–water partition coefficient (Wildman–Crippen LogP) is 4.91. The zero-order valence-corrected chi connectivity index (χ0v) is 25.7. The molecule has 0 radical (unpaired) electrons. The number of nitrogens with one attached hydrogen (secondary N) is 2. The van der Waals surface area contributed by atoms with Crippen LogP contribution in [0.4, 0.5) is 26.5 Å². The molecule has 2 aromatic heterocycles. The molecule has 1 aliphatic heterocycles. The van der Waals surface area contributed by atoms with Crippen LogP contribution in [-0.4, -0.2) is 82.2 Å². The van der Waals surface area contributed by atoms with Crippen LogP contribution in [0.15, 0.2) is 60.8 Å². The molecule has 0 atom stereocenters. The second-order valence-corrected chi connectivity index (χ2v) is 11.5. The molecule has 11 nitrogen and oxygen atoms in total. The molecule has 3 heterocycles. The van der Waals surface area contributed by atoms with Crippen molar-refractivity contribution in [2.24, 2.45) is 5.92 Å². The Morgan fingerprint density at radius 1 is 1.00 bits per heavy atom. The number of amides is 3. The highest BCUT2D eigenvalue weighted by molar-refractivity contribution is 5.95. The number of benzene rings is 2. The van der Waals surface area contributed by atoms with Gasteiger partial charge in [-0.05, 0) is 80.6 Å². The first-order valence-electron chi connectivity index (χ1n) is 15.6. The first kappa shape index (κ1) is 30.2. The molecular weight excluding hydrogens is 575 g/mol. The van der Waals surface area contributed by atoms with Crippen LogP contribution in [0, 0.1) is 11.7 Å². The number of urea groups is 1. The Balaban J connectivity index is 1.09. The molecule has 0 unspecified atom stereocenters. The van der Waals surface area contributed by atoms with Gasteiger partial charge in [-0.15, -0.1) is 5.10 Å². The lowest BCUT2D eigenvalue weighted by Crippen LogP contribution is -2.51. The number of hydrogen-bond acceptors (Lipinski definition) is 7. The van der Waals surface area contributed by atoms with E-state index in [0.29, 0.717) is 86.9 Å². The molecule has 0 spiro atoms. The minimum Gasteiger partial charge on any atom is -0.491 e. The first-order valence-corrected chi connectivity index (χ1v) is 15.6. The van der Waals surface area contributed by atoms with Crippen LogP contribution in [-0.2, 0) is 6.54 Å². The average molecular weight is 615 g/mol. The summed E-state index contributed by atoms with van der Waals surface area (Å²) in [6.07, 6.45) is 4.27. The van der Waals surface area contributed by atoms with E-state index in [9.17, 15) is 14.0 Å². The third-order valence-corrected chi connectivity index (χ3v) is 8.30. The lowest BCUT2D eigenvalue weighted by molar-refractivity contribution is 0.0772. The summed E-state index contributed by atoms with van der Waals surface area (Å²) in [5, 5.41) is 10.9. The molecule has 1 saturated heterocycles. The number of pyridine rings is 1. The van der Waals surface area contributed by atoms with Gasteiger partial charge in [0.1, 0.15) is 11.6 Å². The van der Waals surface area contributed by atoms with Gasteiger partial charge in [0.15, 0.2) is 5.65 Å². The van der Waals surface area contributed by atoms with Crippen molar-refractivity contribution >= 4 is 34.9 Å². The normalized spacial score (nSPS) is 14.8. The average Bonchev–Trinajstić information content (AvgIpc) is 3.81. The molecule has 2 aliphatic rings. The predicted molar refractivity (Wildman–Crippen MR) is 171 cm³/mol. The molecular formula is C33H39FN8O3. The number of carbonyl (C=O) groups is 2. The van der Waals surface area contributed by atoms with E-state index in [4.69, 9.17) is 4.74 Å². The molecule has 4 aromatic rings. The van der Waals surface area contributed by atoms with Gasteiger partial charge in [-0.25, -0.2) is 13.7 Å². The van der Waals surface area contributed by atoms with E-state index in [0.717, 1.165) is 24.1 Å². The summed E-state index contributed by atoms with van der Waals surface area (Å²) < 4.78 is 21.0. The topological polar surface area (TPSA) is 107 Å². The largest absolute Gasteiger partial charge is 0.491 e. The number of ether oxygens (including phenoxy) is 1. The van der Waals surface area contributed by atoms with Gasteiger partial charge in [-0.2, -0.15) is 4.98 Å². The van der Waals surface area contributed by atoms with E-state index < -0.39 is 0 Å². The fourth-order valence-corrected chi connectivity index (χ4v) is 5.36. The number of carbonyl (C=O) groups excluding carboxylic acids is 2. The van der Waals surface area contributed by atoms with E-state index in [1.807, 2.05) is 50.4 Å². The second kappa shape index (κ2) is 13.4. The molecule has 236 valence electrons. The van der Waals surface area contributed by atoms with E-state index >= 15 is 0 Å². The zero-order valence-electron chi connectivity index (χ0n) is 25.7. The summed E-state index contributed by atoms with van der Waals surface area (Å²) in [7, 11) is 0. The van der Waals surface area contributed by atoms with Gasteiger partial charge < -0.3 is 30.1 Å². The van der Waals surface area contributed by atoms with Crippen LogP contribution in [0.1, 0.15) is 42.6 Å². The summed E-state index contributed by atoms with van der Waals surface area (Å²) in [4.78, 5) is 36.1. The van der Waals surface area contributed by atoms with Gasteiger partial charge in [0, 0.05) is 51.4 Å². The van der Waals surface area contributed by atoms with Crippen molar-refractivity contribution in [3.63, 3.8) is 0 Å². The molecule has 2 aromatic carbocycles. The number of anilines is 3. The number of rotatable bonds is 11. The van der Waals surface area contributed by atoms with Crippen molar-refractivity contribution in [3.8, 4) is 5.75 Å². The zero-order chi connectivity index (χ0) is 31.3. The van der Waals surface area contributed by atoms with Crippen molar-refractivity contribution in [1.29, 1.82) is 0 Å². The van der Waals surface area contributed by atoms with Gasteiger partial charge in [-0.3, -0.25) is 4.79 Å². The number of halogens is 1. The molecule has 2 fully saturated rings. The number of fused-ring (bicyclic) bond motifs is 1. The summed E-state index contributed by atoms with van der Waals surface area (Å²) in [5.74, 6) is 1.28. The molecule has 12 heteroatoms. The third-order valence-electron chi connectivity index (χ3n) is 8.30. The highest BCUT2D eigenvalue weighted by atomic mass is 19.1. The first-order chi connectivity index (χ1) is 21.9. The Hall–Kier alpha value is -4.87. The summed E-state index contributed by atoms with van der Waals surface area (Å²) in [6.45, 7) is 8.71. The molecule has 1 aliphatic carbocycles. The van der Waals surface area contributed by atoms with Crippen LogP contribution in [0.25, 0.3) is 5.65 Å². The van der Waals surface area contributed by atoms with E-state index in [2.05, 4.69) is 25.6 Å². The Morgan fingerprint density at radius 3 is 2.47 bits per heavy atom. The van der Waals surface area contributed by atoms with Crippen molar-refractivity contribution in [3.05, 3.63) is 77.7 Å². The Labute approximate surface area is 262 Å². The number of aromatic nitrogens is 3. The standard InChI is InChI=1S/C33H39FN8O3/c1-3-39(4-2)31(43)25-9-13-28(29(19-25)45-22-24-5-6-24)36-32-37-30-14-12-27(21-42(30)38-32)40-15-17-41(18-16-40)33(44)35-20-23-7-10-26(34)11-8-23/h7-14,19,21,24H,3-6,15-18,20,22H2,1-2H3,(H,35,44)(H,36,38). The monoisotopic (exact) mass is 614 g/mol. The molecule has 3 amide bonds. The quantitative estimate of drug-likeness (QED) is 0.247. The van der Waals surface area contributed by atoms with Gasteiger partial charge in [-0.1, -0.05) is 12.1 Å². The van der Waals surface area contributed by atoms with Crippen molar-refractivity contribution in [2.75, 3.05) is 56.1 Å². The van der Waals surface area contributed by atoms with Gasteiger partial charge >= 0.3 is 6.03 Å². The minimum atomic E-state index is -0.296. The van der Waals surface area contributed by atoms with Crippen LogP contribution in [0.3, 0.4) is 0 Å². The van der Waals surface area contributed by atoms with Crippen molar-refractivity contribution < 1.29 is 18.7 Å². The second-order valence-electron chi connectivity index (χ2n) is 11.5. The molecule has 0 bridgehead atoms. The summed E-state index contributed by atoms with van der Waals surface area (Å²) in [6, 6.07) is 15.4. The molecule has 6 rings (SSSR count). The maximum atomic E-state index is 13.1. The van der Waals surface area contributed by atoms with Gasteiger partial charge in [0.25, 0.3) is 5.91 Å². The number of hydrogen-bond donors (Lipinski definition) is 2.